The number of anilines is 2. The number of rotatable bonds is 3. The molecule has 2 rings (SSSR count). The van der Waals surface area contributed by atoms with Gasteiger partial charge >= 0.3 is 0 Å². The first kappa shape index (κ1) is 10.8. The topological polar surface area (TPSA) is 76.7 Å². The Labute approximate surface area is 97.8 Å². The van der Waals surface area contributed by atoms with E-state index in [1.165, 1.54) is 0 Å². The fourth-order valence-corrected chi connectivity index (χ4v) is 1.88. The molecule has 3 N–H and O–H groups in total. The molecule has 0 atom stereocenters. The average Bonchev–Trinajstić information content (AvgIpc) is 2.74. The van der Waals surface area contributed by atoms with Gasteiger partial charge in [-0.3, -0.25) is 0 Å². The largest absolute Gasteiger partial charge is 0.383 e. The average molecular weight is 235 g/mol. The zero-order valence-corrected chi connectivity index (χ0v) is 10.0. The summed E-state index contributed by atoms with van der Waals surface area (Å²) in [6.45, 7) is 4.38. The van der Waals surface area contributed by atoms with E-state index in [1.807, 2.05) is 24.7 Å². The van der Waals surface area contributed by atoms with Crippen molar-refractivity contribution in [2.24, 2.45) is 0 Å². The minimum atomic E-state index is 0.522. The molecule has 0 saturated heterocycles. The number of aromatic nitrogens is 3. The Morgan fingerprint density at radius 3 is 2.88 bits per heavy atom. The lowest BCUT2D eigenvalue weighted by Crippen LogP contribution is -2.08. The lowest BCUT2D eigenvalue weighted by Gasteiger charge is -2.09. The van der Waals surface area contributed by atoms with E-state index >= 15 is 0 Å². The molecule has 0 bridgehead atoms. The third-order valence-electron chi connectivity index (χ3n) is 2.22. The van der Waals surface area contributed by atoms with Crippen LogP contribution in [0.3, 0.4) is 0 Å². The Balaban J connectivity index is 2.15. The van der Waals surface area contributed by atoms with Crippen LogP contribution in [0.4, 0.5) is 11.6 Å². The molecule has 0 saturated carbocycles. The Morgan fingerprint density at radius 1 is 1.38 bits per heavy atom. The summed E-state index contributed by atoms with van der Waals surface area (Å²) in [5.74, 6) is 1.97. The van der Waals surface area contributed by atoms with Crippen molar-refractivity contribution in [2.75, 3.05) is 11.1 Å². The summed E-state index contributed by atoms with van der Waals surface area (Å²) < 4.78 is 0. The van der Waals surface area contributed by atoms with Crippen molar-refractivity contribution in [3.8, 4) is 0 Å². The van der Waals surface area contributed by atoms with Crippen molar-refractivity contribution in [1.82, 2.24) is 15.0 Å². The van der Waals surface area contributed by atoms with Crippen LogP contribution in [0.1, 0.15) is 17.1 Å². The summed E-state index contributed by atoms with van der Waals surface area (Å²) in [7, 11) is 0. The normalized spacial score (nSPS) is 10.4. The van der Waals surface area contributed by atoms with E-state index in [9.17, 15) is 0 Å². The summed E-state index contributed by atoms with van der Waals surface area (Å²) in [6, 6.07) is 0. The first-order valence-electron chi connectivity index (χ1n) is 4.88. The predicted molar refractivity (Wildman–Crippen MR) is 65.4 cm³/mol. The molecule has 0 amide bonds. The van der Waals surface area contributed by atoms with E-state index in [0.717, 1.165) is 17.1 Å². The van der Waals surface area contributed by atoms with Crippen molar-refractivity contribution in [2.45, 2.75) is 20.4 Å². The van der Waals surface area contributed by atoms with Gasteiger partial charge in [-0.25, -0.2) is 15.0 Å². The molecule has 0 radical (unpaired) electrons. The van der Waals surface area contributed by atoms with E-state index in [-0.39, 0.29) is 0 Å². The highest BCUT2D eigenvalue weighted by Gasteiger charge is 2.06. The highest BCUT2D eigenvalue weighted by molar-refractivity contribution is 7.07. The van der Waals surface area contributed by atoms with Crippen LogP contribution in [0.5, 0.6) is 0 Å². The molecule has 2 aromatic heterocycles. The third kappa shape index (κ3) is 2.27. The lowest BCUT2D eigenvalue weighted by atomic mass is 10.3. The molecule has 84 valence electrons. The van der Waals surface area contributed by atoms with Gasteiger partial charge in [0.05, 0.1) is 17.7 Å². The first-order valence-corrected chi connectivity index (χ1v) is 5.82. The Hall–Kier alpha value is -1.69. The minimum Gasteiger partial charge on any atom is -0.383 e. The number of nitrogens with one attached hydrogen (secondary N) is 1. The van der Waals surface area contributed by atoms with Crippen molar-refractivity contribution >= 4 is 23.0 Å². The molecule has 0 aliphatic heterocycles. The van der Waals surface area contributed by atoms with Gasteiger partial charge < -0.3 is 11.1 Å². The van der Waals surface area contributed by atoms with E-state index in [1.54, 1.807) is 11.3 Å². The molecule has 0 spiro atoms. The minimum absolute atomic E-state index is 0.522. The smallest absolute Gasteiger partial charge is 0.135 e. The zero-order valence-electron chi connectivity index (χ0n) is 9.19. The van der Waals surface area contributed by atoms with Crippen molar-refractivity contribution in [1.29, 1.82) is 0 Å². The molecular formula is C10H13N5S. The number of hydrogen-bond donors (Lipinski definition) is 2. The maximum Gasteiger partial charge on any atom is 0.135 e. The number of nitrogen functional groups attached to an aromatic ring is 1. The van der Waals surface area contributed by atoms with Gasteiger partial charge in [-0.05, 0) is 13.8 Å². The Kier molecular flexibility index (Phi) is 3.00. The second-order valence-corrected chi connectivity index (χ2v) is 4.18. The second-order valence-electron chi connectivity index (χ2n) is 3.46. The van der Waals surface area contributed by atoms with Gasteiger partial charge in [0.25, 0.3) is 0 Å². The van der Waals surface area contributed by atoms with E-state index in [2.05, 4.69) is 20.3 Å². The van der Waals surface area contributed by atoms with E-state index < -0.39 is 0 Å². The SMILES string of the molecule is Cc1nc(N)c(C)c(NCc2cscn2)n1. The number of thiazole rings is 1. The molecule has 0 fully saturated rings. The Morgan fingerprint density at radius 2 is 2.19 bits per heavy atom. The molecule has 0 aliphatic carbocycles. The van der Waals surface area contributed by atoms with Crippen molar-refractivity contribution in [3.05, 3.63) is 28.0 Å². The van der Waals surface area contributed by atoms with Crippen molar-refractivity contribution in [3.63, 3.8) is 0 Å². The van der Waals surface area contributed by atoms with Crippen LogP contribution in [0.15, 0.2) is 10.9 Å². The summed E-state index contributed by atoms with van der Waals surface area (Å²) in [4.78, 5) is 12.6. The van der Waals surface area contributed by atoms with Gasteiger partial charge in [-0.1, -0.05) is 0 Å². The van der Waals surface area contributed by atoms with Crippen LogP contribution in [0, 0.1) is 13.8 Å². The third-order valence-corrected chi connectivity index (χ3v) is 2.85. The van der Waals surface area contributed by atoms with Crippen LogP contribution >= 0.6 is 11.3 Å². The number of nitrogens with two attached hydrogens (primary N) is 1. The molecule has 0 aliphatic rings. The Bertz CT molecular complexity index is 480. The van der Waals surface area contributed by atoms with Crippen LogP contribution in [-0.2, 0) is 6.54 Å². The van der Waals surface area contributed by atoms with Crippen LogP contribution < -0.4 is 11.1 Å². The number of hydrogen-bond acceptors (Lipinski definition) is 6. The van der Waals surface area contributed by atoms with Gasteiger partial charge in [-0.15, -0.1) is 11.3 Å². The van der Waals surface area contributed by atoms with Crippen LogP contribution in [0.25, 0.3) is 0 Å². The molecule has 6 heteroatoms. The molecule has 5 nitrogen and oxygen atoms in total. The standard InChI is InChI=1S/C10H13N5S/c1-6-9(11)14-7(2)15-10(6)12-3-8-4-16-5-13-8/h4-5H,3H2,1-2H3,(H3,11,12,14,15). The summed E-state index contributed by atoms with van der Waals surface area (Å²) in [5.41, 5.74) is 9.45. The number of aryl methyl sites for hydroxylation is 1. The first-order chi connectivity index (χ1) is 7.66. The monoisotopic (exact) mass is 235 g/mol. The van der Waals surface area contributed by atoms with Crippen molar-refractivity contribution < 1.29 is 0 Å². The molecule has 0 unspecified atom stereocenters. The van der Waals surface area contributed by atoms with Gasteiger partial charge in [0.2, 0.25) is 0 Å². The lowest BCUT2D eigenvalue weighted by molar-refractivity contribution is 0.994. The molecule has 2 heterocycles. The highest BCUT2D eigenvalue weighted by atomic mass is 32.1. The summed E-state index contributed by atoms with van der Waals surface area (Å²) >= 11 is 1.58. The molecule has 0 aromatic carbocycles. The number of nitrogens with zero attached hydrogens (tertiary/aromatic N) is 3. The quantitative estimate of drug-likeness (QED) is 0.847. The van der Waals surface area contributed by atoms with E-state index in [4.69, 9.17) is 5.73 Å². The molecule has 16 heavy (non-hydrogen) atoms. The van der Waals surface area contributed by atoms with E-state index in [0.29, 0.717) is 18.2 Å². The van der Waals surface area contributed by atoms with Gasteiger partial charge in [0.15, 0.2) is 0 Å². The summed E-state index contributed by atoms with van der Waals surface area (Å²) in [6.07, 6.45) is 0. The predicted octanol–water partition coefficient (Wildman–Crippen LogP) is 1.74. The van der Waals surface area contributed by atoms with Gasteiger partial charge in [0, 0.05) is 10.9 Å². The second kappa shape index (κ2) is 4.44. The van der Waals surface area contributed by atoms with Gasteiger partial charge in [0.1, 0.15) is 17.5 Å². The highest BCUT2D eigenvalue weighted by Crippen LogP contribution is 2.17. The fraction of sp³-hybridized carbons (Fsp3) is 0.300. The maximum atomic E-state index is 5.77. The fourth-order valence-electron chi connectivity index (χ4n) is 1.32. The van der Waals surface area contributed by atoms with Gasteiger partial charge in [-0.2, -0.15) is 0 Å². The maximum absolute atomic E-state index is 5.77. The molecular weight excluding hydrogens is 222 g/mol. The molecule has 2 aromatic rings. The van der Waals surface area contributed by atoms with Crippen LogP contribution in [0.2, 0.25) is 0 Å². The zero-order chi connectivity index (χ0) is 11.5. The summed E-state index contributed by atoms with van der Waals surface area (Å²) in [5, 5.41) is 5.21. The van der Waals surface area contributed by atoms with Crippen LogP contribution in [-0.4, -0.2) is 15.0 Å².